The maximum absolute atomic E-state index is 15.2. The number of pyridine rings is 1. The first-order valence-electron chi connectivity index (χ1n) is 13.7. The molecule has 3 aliphatic rings. The van der Waals surface area contributed by atoms with Crippen LogP contribution in [-0.2, 0) is 23.8 Å². The largest absolute Gasteiger partial charge is 0.503 e. The fraction of sp³-hybridized carbons (Fsp3) is 0.379. The Balaban J connectivity index is 1.44. The van der Waals surface area contributed by atoms with Crippen LogP contribution in [0.4, 0.5) is 23.2 Å². The molecular formula is C29H28F4N6O4. The van der Waals surface area contributed by atoms with Gasteiger partial charge in [-0.05, 0) is 36.5 Å². The molecule has 1 saturated carbocycles. The number of carbonyl (C=O) groups is 2. The lowest BCUT2D eigenvalue weighted by Gasteiger charge is -2.38. The van der Waals surface area contributed by atoms with E-state index in [9.17, 15) is 27.9 Å². The number of anilines is 1. The number of hydrogen-bond acceptors (Lipinski definition) is 7. The smallest absolute Gasteiger partial charge is 0.437 e. The van der Waals surface area contributed by atoms with Gasteiger partial charge < -0.3 is 25.4 Å². The Labute approximate surface area is 243 Å². The number of nitrogens with two attached hydrogens (primary N) is 1. The average Bonchev–Trinajstić information content (AvgIpc) is 3.78. The lowest BCUT2D eigenvalue weighted by Crippen LogP contribution is -2.46. The monoisotopic (exact) mass is 600 g/mol. The van der Waals surface area contributed by atoms with Crippen molar-refractivity contribution in [3.63, 3.8) is 0 Å². The zero-order valence-corrected chi connectivity index (χ0v) is 23.1. The minimum atomic E-state index is -4.86. The van der Waals surface area contributed by atoms with Gasteiger partial charge in [-0.2, -0.15) is 18.3 Å². The summed E-state index contributed by atoms with van der Waals surface area (Å²) in [6.07, 6.45) is -0.704. The number of carbonyl (C=O) groups excluding carboxylic acids is 2. The number of alkyl halides is 3. The molecule has 2 aliphatic heterocycles. The first kappa shape index (κ1) is 28.5. The second-order valence-electron chi connectivity index (χ2n) is 10.8. The summed E-state index contributed by atoms with van der Waals surface area (Å²) in [5.41, 5.74) is 6.27. The number of methoxy groups -OCH3 is 1. The molecule has 14 heteroatoms. The molecule has 1 unspecified atom stereocenters. The molecule has 3 aromatic rings. The molecule has 4 heterocycles. The third-order valence-corrected chi connectivity index (χ3v) is 8.30. The Hall–Kier alpha value is -4.62. The number of amides is 2. The number of aromatic hydroxyl groups is 1. The summed E-state index contributed by atoms with van der Waals surface area (Å²) in [6.45, 7) is 3.89. The van der Waals surface area contributed by atoms with Gasteiger partial charge in [0, 0.05) is 44.2 Å². The number of phenols is 1. The van der Waals surface area contributed by atoms with Crippen LogP contribution in [0.25, 0.3) is 5.69 Å². The van der Waals surface area contributed by atoms with Crippen LogP contribution in [0.5, 0.6) is 11.5 Å². The zero-order chi connectivity index (χ0) is 30.8. The minimum Gasteiger partial charge on any atom is -0.503 e. The van der Waals surface area contributed by atoms with Crippen LogP contribution in [0.3, 0.4) is 0 Å². The van der Waals surface area contributed by atoms with Crippen LogP contribution >= 0.6 is 0 Å². The van der Waals surface area contributed by atoms with E-state index < -0.39 is 46.8 Å². The summed E-state index contributed by atoms with van der Waals surface area (Å²) in [5, 5.41) is 15.6. The van der Waals surface area contributed by atoms with E-state index in [1.807, 2.05) is 0 Å². The van der Waals surface area contributed by atoms with Crippen LogP contribution in [0.1, 0.15) is 63.4 Å². The number of nitrogen functional groups attached to an aromatic ring is 1. The van der Waals surface area contributed by atoms with E-state index in [1.54, 1.807) is 12.1 Å². The summed E-state index contributed by atoms with van der Waals surface area (Å²) in [7, 11) is 1.00. The summed E-state index contributed by atoms with van der Waals surface area (Å²) in [5.74, 6) is -2.97. The number of aromatic nitrogens is 3. The molecule has 1 atom stereocenters. The second-order valence-corrected chi connectivity index (χ2v) is 10.8. The molecule has 43 heavy (non-hydrogen) atoms. The highest BCUT2D eigenvalue weighted by molar-refractivity contribution is 6.00. The van der Waals surface area contributed by atoms with E-state index in [0.29, 0.717) is 28.9 Å². The van der Waals surface area contributed by atoms with E-state index in [2.05, 4.69) is 11.6 Å². The summed E-state index contributed by atoms with van der Waals surface area (Å²) in [4.78, 5) is 33.0. The van der Waals surface area contributed by atoms with Crippen LogP contribution in [0, 0.1) is 5.82 Å². The summed E-state index contributed by atoms with van der Waals surface area (Å²) in [6, 6.07) is 2.49. The van der Waals surface area contributed by atoms with Gasteiger partial charge in [-0.15, -0.1) is 0 Å². The fourth-order valence-corrected chi connectivity index (χ4v) is 6.06. The number of ether oxygens (including phenoxy) is 1. The van der Waals surface area contributed by atoms with Crippen molar-refractivity contribution in [3.8, 4) is 17.2 Å². The highest BCUT2D eigenvalue weighted by Gasteiger charge is 2.43. The van der Waals surface area contributed by atoms with Gasteiger partial charge in [0.05, 0.1) is 35.8 Å². The Morgan fingerprint density at radius 3 is 2.60 bits per heavy atom. The molecule has 0 spiro atoms. The summed E-state index contributed by atoms with van der Waals surface area (Å²) >= 11 is 0. The predicted molar refractivity (Wildman–Crippen MR) is 145 cm³/mol. The normalized spacial score (nSPS) is 18.2. The molecule has 226 valence electrons. The van der Waals surface area contributed by atoms with Crippen molar-refractivity contribution in [3.05, 3.63) is 70.6 Å². The maximum Gasteiger partial charge on any atom is 0.437 e. The van der Waals surface area contributed by atoms with E-state index in [0.717, 1.165) is 32.2 Å². The van der Waals surface area contributed by atoms with Gasteiger partial charge in [0.15, 0.2) is 23.0 Å². The lowest BCUT2D eigenvalue weighted by molar-refractivity contribution is -0.142. The number of phenolic OH excluding ortho intramolecular Hbond substituents is 1. The molecule has 0 radical (unpaired) electrons. The van der Waals surface area contributed by atoms with Gasteiger partial charge in [-0.3, -0.25) is 9.59 Å². The Morgan fingerprint density at radius 2 is 1.95 bits per heavy atom. The van der Waals surface area contributed by atoms with Crippen molar-refractivity contribution >= 4 is 17.5 Å². The average molecular weight is 601 g/mol. The van der Waals surface area contributed by atoms with Crippen LogP contribution in [-0.4, -0.2) is 68.2 Å². The van der Waals surface area contributed by atoms with E-state index >= 15 is 4.39 Å². The summed E-state index contributed by atoms with van der Waals surface area (Å²) < 4.78 is 62.0. The number of rotatable bonds is 5. The van der Waals surface area contributed by atoms with Crippen LogP contribution in [0.2, 0.25) is 0 Å². The third-order valence-electron chi connectivity index (χ3n) is 8.30. The highest BCUT2D eigenvalue weighted by atomic mass is 19.4. The quantitative estimate of drug-likeness (QED) is 0.336. The van der Waals surface area contributed by atoms with Crippen molar-refractivity contribution in [1.29, 1.82) is 0 Å². The van der Waals surface area contributed by atoms with Gasteiger partial charge in [0.25, 0.3) is 5.91 Å². The van der Waals surface area contributed by atoms with E-state index in [4.69, 9.17) is 15.6 Å². The van der Waals surface area contributed by atoms with Crippen molar-refractivity contribution in [1.82, 2.24) is 24.6 Å². The first-order chi connectivity index (χ1) is 20.5. The molecular weight excluding hydrogens is 572 g/mol. The Kier molecular flexibility index (Phi) is 6.81. The first-order valence-corrected chi connectivity index (χ1v) is 13.7. The Bertz CT molecular complexity index is 1670. The fourth-order valence-electron chi connectivity index (χ4n) is 6.06. The molecule has 2 amide bonds. The van der Waals surface area contributed by atoms with Gasteiger partial charge >= 0.3 is 6.18 Å². The van der Waals surface area contributed by atoms with Crippen molar-refractivity contribution in [2.45, 2.75) is 43.8 Å². The topological polar surface area (TPSA) is 127 Å². The van der Waals surface area contributed by atoms with Gasteiger partial charge in [-0.25, -0.2) is 14.1 Å². The Morgan fingerprint density at radius 1 is 1.21 bits per heavy atom. The minimum absolute atomic E-state index is 0.0361. The van der Waals surface area contributed by atoms with Crippen molar-refractivity contribution in [2.24, 2.45) is 0 Å². The predicted octanol–water partition coefficient (Wildman–Crippen LogP) is 3.91. The standard InChI is InChI=1S/C29H28F4N6O4/c1-3-21(40)37-10-8-17-22-18(39(36-17)19-7-6-15(14-4-5-14)23(30)25(19)41)9-11-38(20(22)13-37)28(42)16-12-35-27(29(31,32)33)26(43-2)24(16)34/h3,6-7,12,14,20,41H,1,4-5,8-11,13H2,2H3,(H2,34,35). The lowest BCUT2D eigenvalue weighted by atomic mass is 9.94. The molecule has 1 aliphatic carbocycles. The van der Waals surface area contributed by atoms with Crippen LogP contribution in [0.15, 0.2) is 31.0 Å². The van der Waals surface area contributed by atoms with Crippen molar-refractivity contribution in [2.75, 3.05) is 32.5 Å². The number of benzene rings is 1. The molecule has 6 rings (SSSR count). The van der Waals surface area contributed by atoms with Gasteiger partial charge in [0.1, 0.15) is 5.69 Å². The highest BCUT2D eigenvalue weighted by Crippen LogP contribution is 2.45. The number of nitrogens with zero attached hydrogens (tertiary/aromatic N) is 5. The molecule has 0 saturated heterocycles. The van der Waals surface area contributed by atoms with E-state index in [1.165, 1.54) is 14.5 Å². The number of halogens is 4. The maximum atomic E-state index is 15.2. The molecule has 3 N–H and O–H groups in total. The molecule has 0 bridgehead atoms. The second kappa shape index (κ2) is 10.3. The molecule has 2 aromatic heterocycles. The van der Waals surface area contributed by atoms with Gasteiger partial charge in [-0.1, -0.05) is 12.6 Å². The zero-order valence-electron chi connectivity index (χ0n) is 23.1. The van der Waals surface area contributed by atoms with E-state index in [-0.39, 0.29) is 49.1 Å². The molecule has 1 fully saturated rings. The molecule has 1 aromatic carbocycles. The van der Waals surface area contributed by atoms with Crippen molar-refractivity contribution < 1.29 is 37.0 Å². The molecule has 10 nitrogen and oxygen atoms in total. The van der Waals surface area contributed by atoms with Crippen LogP contribution < -0.4 is 10.5 Å². The SMILES string of the molecule is C=CC(=O)N1CCc2nn(-c3ccc(C4CC4)c(F)c3O)c3c2C(C1)N(C(=O)c1cnc(C(F)(F)F)c(OC)c1N)CC3. The third kappa shape index (κ3) is 4.64. The number of hydrogen-bond donors (Lipinski definition) is 2. The van der Waals surface area contributed by atoms with Gasteiger partial charge in [0.2, 0.25) is 5.91 Å².